The molecule has 3 aromatic rings. The average molecular weight is 410 g/mol. The van der Waals surface area contributed by atoms with E-state index in [1.807, 2.05) is 30.3 Å². The summed E-state index contributed by atoms with van der Waals surface area (Å²) in [6.45, 7) is 3.34. The first kappa shape index (κ1) is 19.4. The first-order valence-corrected chi connectivity index (χ1v) is 11.4. The minimum atomic E-state index is -3.34. The molecule has 1 fully saturated rings. The van der Waals surface area contributed by atoms with Gasteiger partial charge in [-0.15, -0.1) is 0 Å². The number of aromatic nitrogens is 1. The molecule has 2 heterocycles. The van der Waals surface area contributed by atoms with Crippen LogP contribution >= 0.6 is 0 Å². The Morgan fingerprint density at radius 2 is 1.83 bits per heavy atom. The van der Waals surface area contributed by atoms with Crippen LogP contribution in [-0.2, 0) is 9.84 Å². The van der Waals surface area contributed by atoms with Gasteiger partial charge in [0.25, 0.3) is 5.91 Å². The van der Waals surface area contributed by atoms with Crippen LogP contribution in [0.25, 0.3) is 10.9 Å². The number of pyridine rings is 1. The van der Waals surface area contributed by atoms with Gasteiger partial charge in [-0.2, -0.15) is 0 Å². The zero-order chi connectivity index (χ0) is 20.4. The van der Waals surface area contributed by atoms with Crippen LogP contribution in [-0.4, -0.2) is 38.2 Å². The number of sulfone groups is 1. The number of hydrogen-bond acceptors (Lipinski definition) is 5. The summed E-state index contributed by atoms with van der Waals surface area (Å²) in [7, 11) is -3.34. The number of nitrogens with zero attached hydrogens (tertiary/aromatic N) is 2. The van der Waals surface area contributed by atoms with Crippen molar-refractivity contribution in [1.29, 1.82) is 0 Å². The van der Waals surface area contributed by atoms with Crippen molar-refractivity contribution in [2.45, 2.75) is 24.7 Å². The number of rotatable bonds is 5. The Kier molecular flexibility index (Phi) is 5.24. The highest BCUT2D eigenvalue weighted by molar-refractivity contribution is 7.91. The molecule has 0 atom stereocenters. The van der Waals surface area contributed by atoms with Crippen LogP contribution in [0.5, 0.6) is 0 Å². The first-order chi connectivity index (χ1) is 14.0. The lowest BCUT2D eigenvalue weighted by Crippen LogP contribution is -2.24. The summed E-state index contributed by atoms with van der Waals surface area (Å²) in [5.74, 6) is 0.394. The molecule has 1 aliphatic rings. The van der Waals surface area contributed by atoms with Crippen LogP contribution in [0.15, 0.2) is 59.5 Å². The number of para-hydroxylation sites is 1. The van der Waals surface area contributed by atoms with Gasteiger partial charge in [0.2, 0.25) is 0 Å². The molecule has 1 N–H and O–H groups in total. The Morgan fingerprint density at radius 1 is 1.07 bits per heavy atom. The topological polar surface area (TPSA) is 79.4 Å². The zero-order valence-electron chi connectivity index (χ0n) is 16.3. The van der Waals surface area contributed by atoms with Crippen LogP contribution in [0.4, 0.5) is 11.5 Å². The molecule has 29 heavy (non-hydrogen) atoms. The number of fused-ring (bicyclic) bond motifs is 1. The fourth-order valence-corrected chi connectivity index (χ4v) is 4.50. The maximum Gasteiger partial charge on any atom is 0.259 e. The Morgan fingerprint density at radius 3 is 2.59 bits per heavy atom. The van der Waals surface area contributed by atoms with Gasteiger partial charge in [-0.25, -0.2) is 13.4 Å². The molecular formula is C22H23N3O3S. The van der Waals surface area contributed by atoms with Crippen molar-refractivity contribution in [3.63, 3.8) is 0 Å². The molecule has 6 nitrogen and oxygen atoms in total. The highest BCUT2D eigenvalue weighted by atomic mass is 32.2. The largest absolute Gasteiger partial charge is 0.356 e. The number of benzene rings is 2. The van der Waals surface area contributed by atoms with Crippen molar-refractivity contribution in [2.24, 2.45) is 0 Å². The Labute approximate surface area is 170 Å². The third kappa shape index (κ3) is 3.96. The third-order valence-electron chi connectivity index (χ3n) is 5.19. The fraction of sp³-hybridized carbons (Fsp3) is 0.273. The molecule has 2 aromatic carbocycles. The highest BCUT2D eigenvalue weighted by Gasteiger charge is 2.22. The van der Waals surface area contributed by atoms with E-state index < -0.39 is 9.84 Å². The number of amides is 1. The molecule has 0 bridgehead atoms. The molecule has 0 radical (unpaired) electrons. The second-order valence-corrected chi connectivity index (χ2v) is 9.41. The van der Waals surface area contributed by atoms with Crippen LogP contribution in [0.3, 0.4) is 0 Å². The molecule has 7 heteroatoms. The van der Waals surface area contributed by atoms with E-state index in [1.165, 1.54) is 6.07 Å². The number of anilines is 2. The summed E-state index contributed by atoms with van der Waals surface area (Å²) in [5.41, 5.74) is 1.79. The van der Waals surface area contributed by atoms with Crippen molar-refractivity contribution in [3.05, 3.63) is 60.2 Å². The highest BCUT2D eigenvalue weighted by Crippen LogP contribution is 2.27. The number of carbonyl (C=O) groups excluding carboxylic acids is 1. The molecular weight excluding hydrogens is 386 g/mol. The van der Waals surface area contributed by atoms with Gasteiger partial charge in [-0.1, -0.05) is 31.2 Å². The lowest BCUT2D eigenvalue weighted by molar-refractivity contribution is 0.102. The molecule has 1 amide bonds. The monoisotopic (exact) mass is 409 g/mol. The number of nitrogens with one attached hydrogen (secondary N) is 1. The summed E-state index contributed by atoms with van der Waals surface area (Å²) in [6, 6.07) is 16.0. The average Bonchev–Trinajstić information content (AvgIpc) is 3.27. The summed E-state index contributed by atoms with van der Waals surface area (Å²) < 4.78 is 24.3. The van der Waals surface area contributed by atoms with Gasteiger partial charge >= 0.3 is 0 Å². The summed E-state index contributed by atoms with van der Waals surface area (Å²) in [6.07, 6.45) is 2.15. The van der Waals surface area contributed by atoms with E-state index in [-0.39, 0.29) is 16.6 Å². The molecule has 4 rings (SSSR count). The van der Waals surface area contributed by atoms with Crippen LogP contribution in [0.1, 0.15) is 30.1 Å². The van der Waals surface area contributed by atoms with E-state index in [2.05, 4.69) is 10.2 Å². The molecule has 1 aliphatic heterocycles. The minimum absolute atomic E-state index is 0.0120. The smallest absolute Gasteiger partial charge is 0.259 e. The predicted octanol–water partition coefficient (Wildman–Crippen LogP) is 3.88. The van der Waals surface area contributed by atoms with E-state index in [0.717, 1.165) is 36.8 Å². The molecule has 1 aromatic heterocycles. The van der Waals surface area contributed by atoms with Crippen LogP contribution in [0.2, 0.25) is 0 Å². The molecule has 0 unspecified atom stereocenters. The van der Waals surface area contributed by atoms with Crippen molar-refractivity contribution in [3.8, 4) is 0 Å². The van der Waals surface area contributed by atoms with Crippen LogP contribution in [0, 0.1) is 0 Å². The SMILES string of the molecule is CCS(=O)(=O)c1cccc(NC(=O)c2cc3ccccc3nc2N2CCCC2)c1. The van der Waals surface area contributed by atoms with E-state index in [1.54, 1.807) is 25.1 Å². The van der Waals surface area contributed by atoms with Crippen LogP contribution < -0.4 is 10.2 Å². The normalized spacial score (nSPS) is 14.3. The predicted molar refractivity (Wildman–Crippen MR) is 115 cm³/mol. The van der Waals surface area contributed by atoms with Gasteiger partial charge in [0.05, 0.1) is 21.7 Å². The first-order valence-electron chi connectivity index (χ1n) is 9.77. The van der Waals surface area contributed by atoms with Gasteiger partial charge in [-0.3, -0.25) is 4.79 Å². The standard InChI is InChI=1S/C22H23N3O3S/c1-2-29(27,28)18-10-7-9-17(15-18)23-22(26)19-14-16-8-3-4-11-20(16)24-21(19)25-12-5-6-13-25/h3-4,7-11,14-15H,2,5-6,12-13H2,1H3,(H,23,26). The van der Waals surface area contributed by atoms with E-state index in [9.17, 15) is 13.2 Å². The van der Waals surface area contributed by atoms with Gasteiger partial charge in [-0.05, 0) is 43.2 Å². The van der Waals surface area contributed by atoms with E-state index >= 15 is 0 Å². The number of hydrogen-bond donors (Lipinski definition) is 1. The van der Waals surface area contributed by atoms with Gasteiger partial charge < -0.3 is 10.2 Å². The molecule has 1 saturated heterocycles. The molecule has 150 valence electrons. The van der Waals surface area contributed by atoms with Crippen molar-refractivity contribution in [1.82, 2.24) is 4.98 Å². The van der Waals surface area contributed by atoms with Gasteiger partial charge in [0.15, 0.2) is 9.84 Å². The van der Waals surface area contributed by atoms with Crippen molar-refractivity contribution >= 4 is 38.2 Å². The Balaban J connectivity index is 1.71. The molecule has 0 saturated carbocycles. The lowest BCUT2D eigenvalue weighted by atomic mass is 10.1. The third-order valence-corrected chi connectivity index (χ3v) is 6.92. The second-order valence-electron chi connectivity index (χ2n) is 7.13. The van der Waals surface area contributed by atoms with Gasteiger partial charge in [0.1, 0.15) is 5.82 Å². The Bertz CT molecular complexity index is 1170. The minimum Gasteiger partial charge on any atom is -0.356 e. The summed E-state index contributed by atoms with van der Waals surface area (Å²) >= 11 is 0. The molecule has 0 aliphatic carbocycles. The second kappa shape index (κ2) is 7.83. The maximum absolute atomic E-state index is 13.1. The fourth-order valence-electron chi connectivity index (χ4n) is 3.58. The number of carbonyl (C=O) groups is 1. The van der Waals surface area contributed by atoms with Gasteiger partial charge in [0, 0.05) is 24.2 Å². The van der Waals surface area contributed by atoms with E-state index in [4.69, 9.17) is 4.98 Å². The van der Waals surface area contributed by atoms with Crippen molar-refractivity contribution < 1.29 is 13.2 Å². The van der Waals surface area contributed by atoms with Crippen molar-refractivity contribution in [2.75, 3.05) is 29.1 Å². The Hall–Kier alpha value is -2.93. The molecule has 0 spiro atoms. The summed E-state index contributed by atoms with van der Waals surface area (Å²) in [4.78, 5) is 20.2. The maximum atomic E-state index is 13.1. The zero-order valence-corrected chi connectivity index (χ0v) is 17.1. The lowest BCUT2D eigenvalue weighted by Gasteiger charge is -2.20. The van der Waals surface area contributed by atoms with E-state index in [0.29, 0.717) is 17.1 Å². The quantitative estimate of drug-likeness (QED) is 0.692. The summed E-state index contributed by atoms with van der Waals surface area (Å²) in [5, 5.41) is 3.74.